The maximum Gasteiger partial charge on any atom is 0.225 e. The first-order valence-corrected chi connectivity index (χ1v) is 6.55. The van der Waals surface area contributed by atoms with Gasteiger partial charge in [0, 0.05) is 10.7 Å². The molecule has 0 fully saturated rings. The number of nitrogen functional groups attached to an aromatic ring is 1. The van der Waals surface area contributed by atoms with Crippen LogP contribution in [0.25, 0.3) is 0 Å². The second-order valence-electron chi connectivity index (χ2n) is 4.59. The lowest BCUT2D eigenvalue weighted by molar-refractivity contribution is 0.292. The molecule has 0 spiro atoms. The number of nitrogens with one attached hydrogen (secondary N) is 1. The maximum absolute atomic E-state index is 7.64. The third-order valence-electron chi connectivity index (χ3n) is 2.85. The summed E-state index contributed by atoms with van der Waals surface area (Å²) in [5.74, 6) is 0.339. The molecule has 2 aromatic rings. The van der Waals surface area contributed by atoms with Crippen molar-refractivity contribution in [2.75, 3.05) is 0 Å². The summed E-state index contributed by atoms with van der Waals surface area (Å²) in [6, 6.07) is 9.30. The predicted octanol–water partition coefficient (Wildman–Crippen LogP) is 3.21. The first-order valence-electron chi connectivity index (χ1n) is 6.17. The van der Waals surface area contributed by atoms with Crippen LogP contribution < -0.4 is 10.5 Å². The minimum absolute atomic E-state index is 0.0453. The topological polar surface area (TPSA) is 72.0 Å². The molecule has 0 saturated heterocycles. The highest BCUT2D eigenvalue weighted by atomic mass is 35.5. The van der Waals surface area contributed by atoms with Gasteiger partial charge in [0.05, 0.1) is 5.56 Å². The monoisotopic (exact) mass is 289 g/mol. The molecule has 1 aromatic heterocycles. The van der Waals surface area contributed by atoms with E-state index in [1.807, 2.05) is 38.1 Å². The largest absolute Gasteiger partial charge is 0.472 e. The SMILES string of the molecule is Cc1cc(C)c(C(=N)N)c(OCc2cccc(Cl)c2)n1. The van der Waals surface area contributed by atoms with E-state index in [1.165, 1.54) is 0 Å². The molecule has 0 atom stereocenters. The minimum atomic E-state index is -0.0453. The Kier molecular flexibility index (Phi) is 4.25. The van der Waals surface area contributed by atoms with E-state index in [-0.39, 0.29) is 5.84 Å². The zero-order valence-electron chi connectivity index (χ0n) is 11.4. The van der Waals surface area contributed by atoms with E-state index in [1.54, 1.807) is 6.07 Å². The lowest BCUT2D eigenvalue weighted by Gasteiger charge is -2.13. The van der Waals surface area contributed by atoms with Crippen LogP contribution in [0.3, 0.4) is 0 Å². The second-order valence-corrected chi connectivity index (χ2v) is 5.03. The van der Waals surface area contributed by atoms with E-state index in [2.05, 4.69) is 4.98 Å². The molecule has 1 aromatic carbocycles. The first-order chi connectivity index (χ1) is 9.47. The summed E-state index contributed by atoms with van der Waals surface area (Å²) >= 11 is 5.93. The van der Waals surface area contributed by atoms with Gasteiger partial charge in [-0.25, -0.2) is 4.98 Å². The number of rotatable bonds is 4. The smallest absolute Gasteiger partial charge is 0.225 e. The van der Waals surface area contributed by atoms with Crippen molar-refractivity contribution in [3.05, 3.63) is 57.7 Å². The summed E-state index contributed by atoms with van der Waals surface area (Å²) in [7, 11) is 0. The number of halogens is 1. The van der Waals surface area contributed by atoms with Gasteiger partial charge in [0.15, 0.2) is 0 Å². The first kappa shape index (κ1) is 14.3. The number of hydrogen-bond acceptors (Lipinski definition) is 3. The van der Waals surface area contributed by atoms with Gasteiger partial charge in [-0.15, -0.1) is 0 Å². The summed E-state index contributed by atoms with van der Waals surface area (Å²) in [5.41, 5.74) is 8.79. The van der Waals surface area contributed by atoms with Crippen LogP contribution in [0, 0.1) is 19.3 Å². The Bertz CT molecular complexity index is 656. The highest BCUT2D eigenvalue weighted by Crippen LogP contribution is 2.22. The van der Waals surface area contributed by atoms with Gasteiger partial charge in [-0.1, -0.05) is 23.7 Å². The van der Waals surface area contributed by atoms with E-state index in [0.29, 0.717) is 23.1 Å². The molecule has 5 heteroatoms. The Morgan fingerprint density at radius 3 is 2.75 bits per heavy atom. The summed E-state index contributed by atoms with van der Waals surface area (Å²) < 4.78 is 5.71. The number of amidine groups is 1. The van der Waals surface area contributed by atoms with Gasteiger partial charge < -0.3 is 10.5 Å². The maximum atomic E-state index is 7.64. The van der Waals surface area contributed by atoms with Crippen molar-refractivity contribution in [1.29, 1.82) is 5.41 Å². The highest BCUT2D eigenvalue weighted by Gasteiger charge is 2.13. The lowest BCUT2D eigenvalue weighted by atomic mass is 10.1. The molecule has 2 rings (SSSR count). The number of hydrogen-bond donors (Lipinski definition) is 2. The summed E-state index contributed by atoms with van der Waals surface area (Å²) in [5, 5.41) is 8.30. The number of aromatic nitrogens is 1. The van der Waals surface area contributed by atoms with Crippen molar-refractivity contribution < 1.29 is 4.74 Å². The van der Waals surface area contributed by atoms with E-state index in [9.17, 15) is 0 Å². The number of nitrogens with zero attached hydrogens (tertiary/aromatic N) is 1. The molecule has 0 unspecified atom stereocenters. The summed E-state index contributed by atoms with van der Waals surface area (Å²) in [4.78, 5) is 4.32. The molecule has 4 nitrogen and oxygen atoms in total. The molecule has 1 heterocycles. The van der Waals surface area contributed by atoms with Gasteiger partial charge in [-0.2, -0.15) is 0 Å². The van der Waals surface area contributed by atoms with Crippen LogP contribution in [-0.4, -0.2) is 10.8 Å². The third kappa shape index (κ3) is 3.27. The van der Waals surface area contributed by atoms with Gasteiger partial charge in [-0.3, -0.25) is 5.41 Å². The minimum Gasteiger partial charge on any atom is -0.472 e. The lowest BCUT2D eigenvalue weighted by Crippen LogP contribution is -2.16. The standard InChI is InChI=1S/C15H16ClN3O/c1-9-6-10(2)19-15(13(9)14(17)18)20-8-11-4-3-5-12(16)7-11/h3-7H,8H2,1-2H3,(H3,17,18). The van der Waals surface area contributed by atoms with Crippen molar-refractivity contribution >= 4 is 17.4 Å². The van der Waals surface area contributed by atoms with Crippen molar-refractivity contribution in [2.45, 2.75) is 20.5 Å². The van der Waals surface area contributed by atoms with Crippen LogP contribution >= 0.6 is 11.6 Å². The molecule has 0 radical (unpaired) electrons. The Morgan fingerprint density at radius 2 is 2.10 bits per heavy atom. The van der Waals surface area contributed by atoms with E-state index in [0.717, 1.165) is 16.8 Å². The third-order valence-corrected chi connectivity index (χ3v) is 3.08. The van der Waals surface area contributed by atoms with E-state index in [4.69, 9.17) is 27.5 Å². The Hall–Kier alpha value is -2.07. The average Bonchev–Trinajstić information content (AvgIpc) is 2.35. The molecule has 0 aliphatic rings. The second kappa shape index (κ2) is 5.92. The molecule has 0 aliphatic carbocycles. The zero-order valence-corrected chi connectivity index (χ0v) is 12.2. The predicted molar refractivity (Wildman–Crippen MR) is 80.5 cm³/mol. The molecule has 0 saturated carbocycles. The highest BCUT2D eigenvalue weighted by molar-refractivity contribution is 6.30. The van der Waals surface area contributed by atoms with Crippen molar-refractivity contribution in [3.8, 4) is 5.88 Å². The van der Waals surface area contributed by atoms with Crippen LogP contribution in [0.2, 0.25) is 5.02 Å². The quantitative estimate of drug-likeness (QED) is 0.670. The number of aryl methyl sites for hydroxylation is 2. The molecule has 20 heavy (non-hydrogen) atoms. The van der Waals surface area contributed by atoms with Crippen molar-refractivity contribution in [1.82, 2.24) is 4.98 Å². The van der Waals surface area contributed by atoms with Crippen LogP contribution in [0.5, 0.6) is 5.88 Å². The van der Waals surface area contributed by atoms with Crippen molar-refractivity contribution in [3.63, 3.8) is 0 Å². The summed E-state index contributed by atoms with van der Waals surface area (Å²) in [6.45, 7) is 4.09. The number of nitrogens with two attached hydrogens (primary N) is 1. The molecule has 104 valence electrons. The number of benzene rings is 1. The molecule has 0 amide bonds. The van der Waals surface area contributed by atoms with Gasteiger partial charge in [0.2, 0.25) is 5.88 Å². The summed E-state index contributed by atoms with van der Waals surface area (Å²) in [6.07, 6.45) is 0. The van der Waals surface area contributed by atoms with E-state index >= 15 is 0 Å². The fourth-order valence-corrected chi connectivity index (χ4v) is 2.23. The Balaban J connectivity index is 2.27. The fourth-order valence-electron chi connectivity index (χ4n) is 2.01. The number of pyridine rings is 1. The molecule has 0 aliphatic heterocycles. The number of ether oxygens (including phenoxy) is 1. The normalized spacial score (nSPS) is 10.3. The average molecular weight is 290 g/mol. The molecular weight excluding hydrogens is 274 g/mol. The van der Waals surface area contributed by atoms with Crippen LogP contribution in [0.1, 0.15) is 22.4 Å². The van der Waals surface area contributed by atoms with E-state index < -0.39 is 0 Å². The van der Waals surface area contributed by atoms with Crippen LogP contribution in [0.15, 0.2) is 30.3 Å². The van der Waals surface area contributed by atoms with Crippen LogP contribution in [0.4, 0.5) is 0 Å². The van der Waals surface area contributed by atoms with Crippen LogP contribution in [-0.2, 0) is 6.61 Å². The molecule has 0 bridgehead atoms. The van der Waals surface area contributed by atoms with Gasteiger partial charge >= 0.3 is 0 Å². The molecule has 3 N–H and O–H groups in total. The molecular formula is C15H16ClN3O. The van der Waals surface area contributed by atoms with Gasteiger partial charge in [-0.05, 0) is 43.2 Å². The van der Waals surface area contributed by atoms with Gasteiger partial charge in [0.1, 0.15) is 12.4 Å². The zero-order chi connectivity index (χ0) is 14.7. The van der Waals surface area contributed by atoms with Gasteiger partial charge in [0.25, 0.3) is 0 Å². The Labute approximate surface area is 123 Å². The Morgan fingerprint density at radius 1 is 1.35 bits per heavy atom. The van der Waals surface area contributed by atoms with Crippen molar-refractivity contribution in [2.24, 2.45) is 5.73 Å². The fraction of sp³-hybridized carbons (Fsp3) is 0.200.